The molecule has 3 nitrogen and oxygen atoms in total. The predicted octanol–water partition coefficient (Wildman–Crippen LogP) is 3.43. The Labute approximate surface area is 121 Å². The number of hydrogen-bond donors (Lipinski definition) is 2. The van der Waals surface area contributed by atoms with E-state index in [-0.39, 0.29) is 18.5 Å². The highest BCUT2D eigenvalue weighted by atomic mass is 19.1. The molecule has 0 amide bonds. The fourth-order valence-corrected chi connectivity index (χ4v) is 1.80. The van der Waals surface area contributed by atoms with Gasteiger partial charge in [-0.3, -0.25) is 0 Å². The first-order valence-corrected chi connectivity index (χ1v) is 7.27. The van der Waals surface area contributed by atoms with Crippen molar-refractivity contribution in [2.45, 2.75) is 52.2 Å². The normalized spacial score (nSPS) is 15.7. The summed E-state index contributed by atoms with van der Waals surface area (Å²) >= 11 is 0. The van der Waals surface area contributed by atoms with E-state index in [1.54, 1.807) is 13.0 Å². The third-order valence-corrected chi connectivity index (χ3v) is 3.44. The summed E-state index contributed by atoms with van der Waals surface area (Å²) < 4.78 is 19.1. The molecule has 0 bridgehead atoms. The Kier molecular flexibility index (Phi) is 6.43. The minimum absolute atomic E-state index is 0.00669. The van der Waals surface area contributed by atoms with E-state index in [9.17, 15) is 9.50 Å². The summed E-state index contributed by atoms with van der Waals surface area (Å²) in [5, 5.41) is 13.3. The van der Waals surface area contributed by atoms with E-state index < -0.39 is 5.60 Å². The second kappa shape index (κ2) is 7.60. The van der Waals surface area contributed by atoms with Crippen molar-refractivity contribution in [2.24, 2.45) is 0 Å². The molecule has 20 heavy (non-hydrogen) atoms. The quantitative estimate of drug-likeness (QED) is 0.768. The lowest BCUT2D eigenvalue weighted by Gasteiger charge is -2.24. The molecule has 0 saturated heterocycles. The Morgan fingerprint density at radius 2 is 2.10 bits per heavy atom. The smallest absolute Gasteiger partial charge is 0.124 e. The Morgan fingerprint density at radius 1 is 1.40 bits per heavy atom. The number of hydrogen-bond acceptors (Lipinski definition) is 3. The second-order valence-corrected chi connectivity index (χ2v) is 5.50. The molecule has 0 radical (unpaired) electrons. The van der Waals surface area contributed by atoms with Crippen molar-refractivity contribution in [1.29, 1.82) is 0 Å². The lowest BCUT2D eigenvalue weighted by Crippen LogP contribution is -2.31. The molecule has 0 aliphatic heterocycles. The van der Waals surface area contributed by atoms with Crippen LogP contribution in [0.1, 0.15) is 52.1 Å². The van der Waals surface area contributed by atoms with Crippen LogP contribution in [0.2, 0.25) is 0 Å². The topological polar surface area (TPSA) is 41.5 Å². The van der Waals surface area contributed by atoms with Gasteiger partial charge in [0.25, 0.3) is 0 Å². The molecule has 0 fully saturated rings. The third-order valence-electron chi connectivity index (χ3n) is 3.44. The highest BCUT2D eigenvalue weighted by Crippen LogP contribution is 2.27. The maximum absolute atomic E-state index is 13.4. The zero-order valence-electron chi connectivity index (χ0n) is 12.9. The van der Waals surface area contributed by atoms with Gasteiger partial charge >= 0.3 is 0 Å². The molecule has 2 N–H and O–H groups in total. The van der Waals surface area contributed by atoms with Crippen LogP contribution >= 0.6 is 0 Å². The number of ether oxygens (including phenoxy) is 1. The van der Waals surface area contributed by atoms with Crippen molar-refractivity contribution in [3.63, 3.8) is 0 Å². The van der Waals surface area contributed by atoms with E-state index >= 15 is 0 Å². The number of aliphatic hydroxyl groups is 1. The van der Waals surface area contributed by atoms with Crippen molar-refractivity contribution in [1.82, 2.24) is 5.32 Å². The van der Waals surface area contributed by atoms with Gasteiger partial charge in [-0.05, 0) is 51.4 Å². The highest BCUT2D eigenvalue weighted by Gasteiger charge is 2.20. The van der Waals surface area contributed by atoms with Crippen molar-refractivity contribution >= 4 is 0 Å². The average Bonchev–Trinajstić information content (AvgIpc) is 2.43. The predicted molar refractivity (Wildman–Crippen MR) is 79.5 cm³/mol. The van der Waals surface area contributed by atoms with Crippen LogP contribution in [-0.4, -0.2) is 23.9 Å². The van der Waals surface area contributed by atoms with Crippen LogP contribution in [0.4, 0.5) is 4.39 Å². The van der Waals surface area contributed by atoms with Gasteiger partial charge in [0.1, 0.15) is 18.2 Å². The molecule has 0 spiro atoms. The Morgan fingerprint density at radius 3 is 2.70 bits per heavy atom. The average molecular weight is 283 g/mol. The van der Waals surface area contributed by atoms with Crippen molar-refractivity contribution in [2.75, 3.05) is 13.2 Å². The second-order valence-electron chi connectivity index (χ2n) is 5.50. The highest BCUT2D eigenvalue weighted by molar-refractivity contribution is 5.36. The summed E-state index contributed by atoms with van der Waals surface area (Å²) in [7, 11) is 0. The van der Waals surface area contributed by atoms with Crippen molar-refractivity contribution in [3.05, 3.63) is 29.6 Å². The van der Waals surface area contributed by atoms with Gasteiger partial charge in [-0.2, -0.15) is 0 Å². The van der Waals surface area contributed by atoms with Gasteiger partial charge in [-0.15, -0.1) is 0 Å². The molecule has 2 atom stereocenters. The van der Waals surface area contributed by atoms with E-state index in [2.05, 4.69) is 12.2 Å². The van der Waals surface area contributed by atoms with Crippen LogP contribution in [0.5, 0.6) is 5.75 Å². The first kappa shape index (κ1) is 16.9. The molecule has 0 aromatic heterocycles. The summed E-state index contributed by atoms with van der Waals surface area (Å²) in [6, 6.07) is 4.50. The maximum Gasteiger partial charge on any atom is 0.124 e. The third kappa shape index (κ3) is 5.10. The van der Waals surface area contributed by atoms with Crippen LogP contribution < -0.4 is 10.1 Å². The Bertz CT molecular complexity index is 421. The molecular weight excluding hydrogens is 257 g/mol. The van der Waals surface area contributed by atoms with E-state index in [1.807, 2.05) is 13.8 Å². The largest absolute Gasteiger partial charge is 0.490 e. The molecule has 4 heteroatoms. The standard InChI is InChI=1S/C16H26FNO2/c1-5-9-18-12(3)14-10-13(17)7-8-15(14)20-11-16(4,19)6-2/h7-8,10,12,18-19H,5-6,9,11H2,1-4H3. The molecule has 114 valence electrons. The first-order chi connectivity index (χ1) is 9.39. The number of benzene rings is 1. The molecule has 1 aromatic carbocycles. The summed E-state index contributed by atoms with van der Waals surface area (Å²) in [5.74, 6) is 0.343. The molecule has 1 rings (SSSR count). The van der Waals surface area contributed by atoms with Crippen LogP contribution in [-0.2, 0) is 0 Å². The number of nitrogens with one attached hydrogen (secondary N) is 1. The van der Waals surface area contributed by atoms with Crippen LogP contribution in [0, 0.1) is 5.82 Å². The van der Waals surface area contributed by atoms with Gasteiger partial charge in [0.2, 0.25) is 0 Å². The monoisotopic (exact) mass is 283 g/mol. The zero-order chi connectivity index (χ0) is 15.2. The van der Waals surface area contributed by atoms with E-state index in [0.717, 1.165) is 18.5 Å². The molecule has 0 heterocycles. The number of halogens is 1. The van der Waals surface area contributed by atoms with Gasteiger partial charge in [-0.25, -0.2) is 4.39 Å². The van der Waals surface area contributed by atoms with Gasteiger partial charge < -0.3 is 15.2 Å². The summed E-state index contributed by atoms with van der Waals surface area (Å²) in [4.78, 5) is 0. The van der Waals surface area contributed by atoms with Gasteiger partial charge in [0.15, 0.2) is 0 Å². The zero-order valence-corrected chi connectivity index (χ0v) is 12.9. The SMILES string of the molecule is CCCNC(C)c1cc(F)ccc1OCC(C)(O)CC. The molecule has 0 aliphatic carbocycles. The molecule has 1 aromatic rings. The lowest BCUT2D eigenvalue weighted by atomic mass is 10.0. The molecule has 0 saturated carbocycles. The van der Waals surface area contributed by atoms with Crippen molar-refractivity contribution in [3.8, 4) is 5.75 Å². The Balaban J connectivity index is 2.84. The molecule has 2 unspecified atom stereocenters. The minimum atomic E-state index is -0.869. The molecular formula is C16H26FNO2. The van der Waals surface area contributed by atoms with Gasteiger partial charge in [0.05, 0.1) is 5.60 Å². The molecule has 0 aliphatic rings. The van der Waals surface area contributed by atoms with Gasteiger partial charge in [0, 0.05) is 11.6 Å². The number of rotatable bonds is 8. The van der Waals surface area contributed by atoms with Gasteiger partial charge in [-0.1, -0.05) is 13.8 Å². The fourth-order valence-electron chi connectivity index (χ4n) is 1.80. The van der Waals surface area contributed by atoms with Crippen molar-refractivity contribution < 1.29 is 14.2 Å². The first-order valence-electron chi connectivity index (χ1n) is 7.27. The van der Waals surface area contributed by atoms with E-state index in [0.29, 0.717) is 12.2 Å². The lowest BCUT2D eigenvalue weighted by molar-refractivity contribution is 0.00803. The van der Waals surface area contributed by atoms with Crippen LogP contribution in [0.15, 0.2) is 18.2 Å². The summed E-state index contributed by atoms with van der Waals surface area (Å²) in [5.41, 5.74) is -0.0866. The maximum atomic E-state index is 13.4. The Hall–Kier alpha value is -1.13. The van der Waals surface area contributed by atoms with Crippen LogP contribution in [0.25, 0.3) is 0 Å². The minimum Gasteiger partial charge on any atom is -0.490 e. The van der Waals surface area contributed by atoms with Crippen LogP contribution in [0.3, 0.4) is 0 Å². The summed E-state index contributed by atoms with van der Waals surface area (Å²) in [6.07, 6.45) is 1.62. The fraction of sp³-hybridized carbons (Fsp3) is 0.625. The van der Waals surface area contributed by atoms with E-state index in [4.69, 9.17) is 4.74 Å². The van der Waals surface area contributed by atoms with E-state index in [1.165, 1.54) is 12.1 Å². The summed E-state index contributed by atoms with van der Waals surface area (Å²) in [6.45, 7) is 8.76.